The van der Waals surface area contributed by atoms with Gasteiger partial charge in [-0.3, -0.25) is 0 Å². The first-order chi connectivity index (χ1) is 5.57. The standard InChI is InChI=1S/C8H16O4/c1-3-5-7(10)6(9)4(2)8(11)12-5/h4-11H,3H2,1-2H3/t4-,5?,6?,7+,8+/m1/s1. The van der Waals surface area contributed by atoms with Crippen LogP contribution in [0.1, 0.15) is 20.3 Å². The molecule has 0 spiro atoms. The molecule has 4 heteroatoms. The summed E-state index contributed by atoms with van der Waals surface area (Å²) < 4.78 is 5.08. The van der Waals surface area contributed by atoms with Crippen molar-refractivity contribution < 1.29 is 20.1 Å². The fourth-order valence-electron chi connectivity index (χ4n) is 1.42. The van der Waals surface area contributed by atoms with Crippen molar-refractivity contribution in [1.29, 1.82) is 0 Å². The van der Waals surface area contributed by atoms with Crippen LogP contribution >= 0.6 is 0 Å². The summed E-state index contributed by atoms with van der Waals surface area (Å²) in [7, 11) is 0. The molecule has 0 saturated carbocycles. The van der Waals surface area contributed by atoms with Crippen molar-refractivity contribution in [2.45, 2.75) is 44.9 Å². The maximum Gasteiger partial charge on any atom is 0.160 e. The van der Waals surface area contributed by atoms with Crippen LogP contribution in [-0.4, -0.2) is 39.9 Å². The number of aliphatic hydroxyl groups is 3. The summed E-state index contributed by atoms with van der Waals surface area (Å²) in [5.74, 6) is -0.428. The third-order valence-corrected chi connectivity index (χ3v) is 2.44. The van der Waals surface area contributed by atoms with Crippen LogP contribution in [0.5, 0.6) is 0 Å². The van der Waals surface area contributed by atoms with E-state index < -0.39 is 30.5 Å². The van der Waals surface area contributed by atoms with Gasteiger partial charge >= 0.3 is 0 Å². The molecule has 5 atom stereocenters. The van der Waals surface area contributed by atoms with E-state index in [-0.39, 0.29) is 0 Å². The lowest BCUT2D eigenvalue weighted by molar-refractivity contribution is -0.260. The molecule has 0 aromatic carbocycles. The van der Waals surface area contributed by atoms with E-state index in [4.69, 9.17) is 4.74 Å². The Hall–Kier alpha value is -0.160. The van der Waals surface area contributed by atoms with E-state index in [1.54, 1.807) is 6.92 Å². The Kier molecular flexibility index (Phi) is 3.06. The zero-order chi connectivity index (χ0) is 9.30. The second kappa shape index (κ2) is 3.70. The molecule has 0 aromatic heterocycles. The van der Waals surface area contributed by atoms with Crippen LogP contribution < -0.4 is 0 Å². The average Bonchev–Trinajstić information content (AvgIpc) is 2.08. The van der Waals surface area contributed by atoms with Gasteiger partial charge < -0.3 is 20.1 Å². The van der Waals surface area contributed by atoms with E-state index in [0.717, 1.165) is 0 Å². The summed E-state index contributed by atoms with van der Waals surface area (Å²) in [5.41, 5.74) is 0. The highest BCUT2D eigenvalue weighted by Crippen LogP contribution is 2.25. The van der Waals surface area contributed by atoms with Crippen LogP contribution in [0.15, 0.2) is 0 Å². The van der Waals surface area contributed by atoms with Gasteiger partial charge in [0, 0.05) is 5.92 Å². The van der Waals surface area contributed by atoms with Gasteiger partial charge in [-0.1, -0.05) is 13.8 Å². The van der Waals surface area contributed by atoms with Gasteiger partial charge in [-0.2, -0.15) is 0 Å². The fourth-order valence-corrected chi connectivity index (χ4v) is 1.42. The van der Waals surface area contributed by atoms with Gasteiger partial charge in [-0.25, -0.2) is 0 Å². The van der Waals surface area contributed by atoms with Crippen LogP contribution in [0.25, 0.3) is 0 Å². The number of aliphatic hydroxyl groups excluding tert-OH is 3. The smallest absolute Gasteiger partial charge is 0.160 e. The molecule has 0 aromatic rings. The molecule has 1 heterocycles. The summed E-state index contributed by atoms with van der Waals surface area (Å²) in [5, 5.41) is 28.1. The van der Waals surface area contributed by atoms with Gasteiger partial charge in [0.2, 0.25) is 0 Å². The molecule has 0 bridgehead atoms. The minimum Gasteiger partial charge on any atom is -0.390 e. The predicted octanol–water partition coefficient (Wildman–Crippen LogP) is -0.528. The molecule has 1 saturated heterocycles. The van der Waals surface area contributed by atoms with Crippen LogP contribution in [-0.2, 0) is 4.74 Å². The molecule has 3 N–H and O–H groups in total. The normalized spacial score (nSPS) is 49.2. The molecule has 1 aliphatic heterocycles. The van der Waals surface area contributed by atoms with Crippen molar-refractivity contribution >= 4 is 0 Å². The highest BCUT2D eigenvalue weighted by molar-refractivity contribution is 4.85. The highest BCUT2D eigenvalue weighted by Gasteiger charge is 2.40. The Morgan fingerprint density at radius 1 is 1.17 bits per heavy atom. The monoisotopic (exact) mass is 176 g/mol. The van der Waals surface area contributed by atoms with Gasteiger partial charge in [0.05, 0.1) is 12.2 Å². The van der Waals surface area contributed by atoms with Gasteiger partial charge in [0.25, 0.3) is 0 Å². The maximum absolute atomic E-state index is 9.44. The number of hydrogen-bond acceptors (Lipinski definition) is 4. The summed E-state index contributed by atoms with van der Waals surface area (Å²) in [6.07, 6.45) is -2.60. The molecule has 4 nitrogen and oxygen atoms in total. The van der Waals surface area contributed by atoms with Crippen LogP contribution in [0, 0.1) is 5.92 Å². The van der Waals surface area contributed by atoms with Gasteiger partial charge in [-0.05, 0) is 6.42 Å². The first-order valence-corrected chi connectivity index (χ1v) is 4.27. The Morgan fingerprint density at radius 3 is 2.25 bits per heavy atom. The Labute approximate surface area is 71.8 Å². The molecule has 1 aliphatic rings. The number of hydrogen-bond donors (Lipinski definition) is 3. The average molecular weight is 176 g/mol. The lowest BCUT2D eigenvalue weighted by Gasteiger charge is -2.38. The third-order valence-electron chi connectivity index (χ3n) is 2.44. The molecule has 0 amide bonds. The lowest BCUT2D eigenvalue weighted by Crippen LogP contribution is -2.53. The van der Waals surface area contributed by atoms with Crippen LogP contribution in [0.4, 0.5) is 0 Å². The summed E-state index contributed by atoms with van der Waals surface area (Å²) in [4.78, 5) is 0. The predicted molar refractivity (Wildman–Crippen MR) is 42.3 cm³/mol. The Bertz CT molecular complexity index is 145. The van der Waals surface area contributed by atoms with Crippen LogP contribution in [0.3, 0.4) is 0 Å². The van der Waals surface area contributed by atoms with E-state index >= 15 is 0 Å². The SMILES string of the molecule is CCC1O[C@H](O)[C@H](C)C(O)[C@H]1O. The molecule has 72 valence electrons. The Morgan fingerprint density at radius 2 is 1.75 bits per heavy atom. The maximum atomic E-state index is 9.44. The minimum atomic E-state index is -0.964. The number of rotatable bonds is 1. The third kappa shape index (κ3) is 1.61. The molecule has 0 aliphatic carbocycles. The second-order valence-corrected chi connectivity index (χ2v) is 3.31. The van der Waals surface area contributed by atoms with E-state index in [1.807, 2.05) is 6.92 Å². The fraction of sp³-hybridized carbons (Fsp3) is 1.00. The molecule has 12 heavy (non-hydrogen) atoms. The van der Waals surface area contributed by atoms with Crippen LogP contribution in [0.2, 0.25) is 0 Å². The Balaban J connectivity index is 2.63. The second-order valence-electron chi connectivity index (χ2n) is 3.31. The summed E-state index contributed by atoms with van der Waals surface area (Å²) in [6, 6.07) is 0. The van der Waals surface area contributed by atoms with Gasteiger partial charge in [0.15, 0.2) is 6.29 Å². The van der Waals surface area contributed by atoms with E-state index in [9.17, 15) is 15.3 Å². The van der Waals surface area contributed by atoms with E-state index in [0.29, 0.717) is 6.42 Å². The summed E-state index contributed by atoms with van der Waals surface area (Å²) >= 11 is 0. The van der Waals surface area contributed by atoms with E-state index in [2.05, 4.69) is 0 Å². The molecule has 2 unspecified atom stereocenters. The van der Waals surface area contributed by atoms with Crippen molar-refractivity contribution in [2.75, 3.05) is 0 Å². The van der Waals surface area contributed by atoms with Crippen molar-refractivity contribution in [1.82, 2.24) is 0 Å². The largest absolute Gasteiger partial charge is 0.390 e. The topological polar surface area (TPSA) is 69.9 Å². The number of ether oxygens (including phenoxy) is 1. The van der Waals surface area contributed by atoms with Crippen molar-refractivity contribution in [3.8, 4) is 0 Å². The molecule has 0 radical (unpaired) electrons. The zero-order valence-corrected chi connectivity index (χ0v) is 7.34. The van der Waals surface area contributed by atoms with Crippen molar-refractivity contribution in [2.24, 2.45) is 5.92 Å². The first kappa shape index (κ1) is 9.92. The highest BCUT2D eigenvalue weighted by atomic mass is 16.6. The molecular weight excluding hydrogens is 160 g/mol. The summed E-state index contributed by atoms with van der Waals surface area (Å²) in [6.45, 7) is 3.48. The zero-order valence-electron chi connectivity index (χ0n) is 7.34. The quantitative estimate of drug-likeness (QED) is 0.502. The molecular formula is C8H16O4. The molecule has 1 fully saturated rings. The van der Waals surface area contributed by atoms with Crippen molar-refractivity contribution in [3.05, 3.63) is 0 Å². The van der Waals surface area contributed by atoms with E-state index in [1.165, 1.54) is 0 Å². The minimum absolute atomic E-state index is 0.428. The van der Waals surface area contributed by atoms with Gasteiger partial charge in [0.1, 0.15) is 6.10 Å². The lowest BCUT2D eigenvalue weighted by atomic mass is 9.91. The first-order valence-electron chi connectivity index (χ1n) is 4.27. The molecule has 1 rings (SSSR count). The van der Waals surface area contributed by atoms with Gasteiger partial charge in [-0.15, -0.1) is 0 Å². The van der Waals surface area contributed by atoms with Crippen molar-refractivity contribution in [3.63, 3.8) is 0 Å².